The molecule has 1 saturated carbocycles. The summed E-state index contributed by atoms with van der Waals surface area (Å²) in [5.41, 5.74) is 0.750. The fourth-order valence-corrected chi connectivity index (χ4v) is 1.57. The molecule has 0 aromatic carbocycles. The molecule has 48 valence electrons. The van der Waals surface area contributed by atoms with Crippen LogP contribution in [0, 0.1) is 11.3 Å². The van der Waals surface area contributed by atoms with E-state index in [0.29, 0.717) is 0 Å². The predicted molar refractivity (Wildman–Crippen MR) is 36.3 cm³/mol. The van der Waals surface area contributed by atoms with E-state index >= 15 is 0 Å². The van der Waals surface area contributed by atoms with E-state index in [1.165, 1.54) is 19.5 Å². The smallest absolute Gasteiger partial charge is 0.000853 e. The van der Waals surface area contributed by atoms with Crippen LogP contribution < -0.4 is 5.32 Å². The number of hydrogen-bond donors (Lipinski definition) is 1. The summed E-state index contributed by atoms with van der Waals surface area (Å²) in [6, 6.07) is 0. The molecule has 1 aliphatic heterocycles. The van der Waals surface area contributed by atoms with Crippen LogP contribution >= 0.6 is 12.4 Å². The summed E-state index contributed by atoms with van der Waals surface area (Å²) >= 11 is 0. The van der Waals surface area contributed by atoms with Gasteiger partial charge in [-0.25, -0.2) is 0 Å². The summed E-state index contributed by atoms with van der Waals surface area (Å²) in [6.45, 7) is 4.94. The van der Waals surface area contributed by atoms with E-state index in [1.54, 1.807) is 0 Å². The zero-order valence-electron chi connectivity index (χ0n) is 5.11. The summed E-state index contributed by atoms with van der Waals surface area (Å²) in [4.78, 5) is 0. The maximum Gasteiger partial charge on any atom is 0.000853 e. The van der Waals surface area contributed by atoms with Crippen molar-refractivity contribution in [2.75, 3.05) is 13.1 Å². The molecule has 2 heteroatoms. The molecule has 1 N–H and O–H groups in total. The fraction of sp³-hybridized carbons (Fsp3) is 1.00. The summed E-state index contributed by atoms with van der Waals surface area (Å²) in [6.07, 6.45) is 1.49. The second-order valence-electron chi connectivity index (χ2n) is 3.19. The number of halogens is 1. The predicted octanol–water partition coefficient (Wildman–Crippen LogP) is 1.04. The van der Waals surface area contributed by atoms with Crippen LogP contribution in [0.15, 0.2) is 0 Å². The number of rotatable bonds is 0. The number of fused-ring (bicyclic) bond motifs is 1. The van der Waals surface area contributed by atoms with Gasteiger partial charge in [0.1, 0.15) is 0 Å². The van der Waals surface area contributed by atoms with E-state index < -0.39 is 0 Å². The number of nitrogens with one attached hydrogen (secondary N) is 1. The van der Waals surface area contributed by atoms with Gasteiger partial charge in [-0.1, -0.05) is 6.92 Å². The molecule has 2 fully saturated rings. The standard InChI is InChI=1S/C6H11N.ClH/c1-6-2-5(6)3-7-4-6;/h5,7H,2-4H2,1H3;1H/t5-,6+;/m1./s1. The first kappa shape index (κ1) is 6.37. The summed E-state index contributed by atoms with van der Waals surface area (Å²) in [5.74, 6) is 1.05. The zero-order chi connectivity index (χ0) is 4.91. The minimum Gasteiger partial charge on any atom is -0.316 e. The minimum atomic E-state index is 0. The van der Waals surface area contributed by atoms with Crippen LogP contribution in [0.3, 0.4) is 0 Å². The first-order chi connectivity index (χ1) is 3.31. The van der Waals surface area contributed by atoms with Gasteiger partial charge in [0.2, 0.25) is 0 Å². The summed E-state index contributed by atoms with van der Waals surface area (Å²) < 4.78 is 0. The second kappa shape index (κ2) is 1.61. The largest absolute Gasteiger partial charge is 0.316 e. The third-order valence-electron chi connectivity index (χ3n) is 2.46. The quantitative estimate of drug-likeness (QED) is 0.521. The Morgan fingerprint density at radius 1 is 1.62 bits per heavy atom. The molecular weight excluding hydrogens is 122 g/mol. The Hall–Kier alpha value is 0.250. The lowest BCUT2D eigenvalue weighted by Gasteiger charge is -1.97. The van der Waals surface area contributed by atoms with Gasteiger partial charge < -0.3 is 5.32 Å². The highest BCUT2D eigenvalue weighted by atomic mass is 35.5. The van der Waals surface area contributed by atoms with Gasteiger partial charge in [-0.3, -0.25) is 0 Å². The molecule has 1 saturated heterocycles. The van der Waals surface area contributed by atoms with Crippen molar-refractivity contribution in [1.29, 1.82) is 0 Å². The Morgan fingerprint density at radius 3 is 2.50 bits per heavy atom. The zero-order valence-corrected chi connectivity index (χ0v) is 5.92. The molecule has 0 radical (unpaired) electrons. The van der Waals surface area contributed by atoms with Gasteiger partial charge >= 0.3 is 0 Å². The van der Waals surface area contributed by atoms with Gasteiger partial charge in [0.25, 0.3) is 0 Å². The van der Waals surface area contributed by atoms with Gasteiger partial charge in [0.15, 0.2) is 0 Å². The molecule has 1 heterocycles. The van der Waals surface area contributed by atoms with Crippen LogP contribution in [0.4, 0.5) is 0 Å². The molecule has 0 bridgehead atoms. The Bertz CT molecular complexity index is 103. The van der Waals surface area contributed by atoms with E-state index in [2.05, 4.69) is 12.2 Å². The van der Waals surface area contributed by atoms with Crippen molar-refractivity contribution >= 4 is 12.4 Å². The van der Waals surface area contributed by atoms with Crippen molar-refractivity contribution in [3.63, 3.8) is 0 Å². The normalized spacial score (nSPS) is 49.9. The maximum atomic E-state index is 3.36. The van der Waals surface area contributed by atoms with Gasteiger partial charge in [0, 0.05) is 6.54 Å². The molecule has 2 atom stereocenters. The van der Waals surface area contributed by atoms with Crippen molar-refractivity contribution in [3.05, 3.63) is 0 Å². The van der Waals surface area contributed by atoms with Crippen LogP contribution in [0.25, 0.3) is 0 Å². The fourth-order valence-electron chi connectivity index (χ4n) is 1.57. The van der Waals surface area contributed by atoms with E-state index in [0.717, 1.165) is 11.3 Å². The lowest BCUT2D eigenvalue weighted by Crippen LogP contribution is -2.13. The average molecular weight is 134 g/mol. The van der Waals surface area contributed by atoms with Crippen molar-refractivity contribution < 1.29 is 0 Å². The van der Waals surface area contributed by atoms with Crippen molar-refractivity contribution in [1.82, 2.24) is 5.32 Å². The van der Waals surface area contributed by atoms with Crippen LogP contribution in [-0.2, 0) is 0 Å². The molecular formula is C6H12ClN. The van der Waals surface area contributed by atoms with E-state index in [9.17, 15) is 0 Å². The lowest BCUT2D eigenvalue weighted by atomic mass is 10.1. The third kappa shape index (κ3) is 0.652. The Labute approximate surface area is 56.3 Å². The van der Waals surface area contributed by atoms with E-state index in [1.807, 2.05) is 0 Å². The molecule has 0 unspecified atom stereocenters. The topological polar surface area (TPSA) is 12.0 Å². The highest BCUT2D eigenvalue weighted by Crippen LogP contribution is 2.54. The maximum absolute atomic E-state index is 3.36. The minimum absolute atomic E-state index is 0. The third-order valence-corrected chi connectivity index (χ3v) is 2.46. The summed E-state index contributed by atoms with van der Waals surface area (Å²) in [5, 5.41) is 3.36. The van der Waals surface area contributed by atoms with Crippen molar-refractivity contribution in [2.45, 2.75) is 13.3 Å². The SMILES string of the molecule is C[C@]12CNC[C@H]1C2.Cl. The summed E-state index contributed by atoms with van der Waals surface area (Å²) in [7, 11) is 0. The first-order valence-corrected chi connectivity index (χ1v) is 3.02. The highest BCUT2D eigenvalue weighted by Gasteiger charge is 2.52. The van der Waals surface area contributed by atoms with Crippen molar-refractivity contribution in [3.8, 4) is 0 Å². The molecule has 0 aromatic heterocycles. The van der Waals surface area contributed by atoms with Crippen LogP contribution in [0.1, 0.15) is 13.3 Å². The molecule has 2 rings (SSSR count). The molecule has 0 spiro atoms. The number of hydrogen-bond acceptors (Lipinski definition) is 1. The highest BCUT2D eigenvalue weighted by molar-refractivity contribution is 5.85. The molecule has 1 nitrogen and oxygen atoms in total. The first-order valence-electron chi connectivity index (χ1n) is 3.02. The average Bonchev–Trinajstić information content (AvgIpc) is 2.09. The number of piperidine rings is 1. The van der Waals surface area contributed by atoms with Crippen LogP contribution in [-0.4, -0.2) is 13.1 Å². The van der Waals surface area contributed by atoms with Gasteiger partial charge in [-0.05, 0) is 24.3 Å². The Balaban J connectivity index is 0.000000320. The van der Waals surface area contributed by atoms with Gasteiger partial charge in [-0.2, -0.15) is 0 Å². The van der Waals surface area contributed by atoms with E-state index in [-0.39, 0.29) is 12.4 Å². The monoisotopic (exact) mass is 133 g/mol. The van der Waals surface area contributed by atoms with Gasteiger partial charge in [0.05, 0.1) is 0 Å². The molecule has 1 aliphatic carbocycles. The van der Waals surface area contributed by atoms with Crippen molar-refractivity contribution in [2.24, 2.45) is 11.3 Å². The van der Waals surface area contributed by atoms with Gasteiger partial charge in [-0.15, -0.1) is 12.4 Å². The Kier molecular flexibility index (Phi) is 1.28. The molecule has 0 aromatic rings. The van der Waals surface area contributed by atoms with Crippen LogP contribution in [0.2, 0.25) is 0 Å². The van der Waals surface area contributed by atoms with E-state index in [4.69, 9.17) is 0 Å². The lowest BCUT2D eigenvalue weighted by molar-refractivity contribution is 0.576. The Morgan fingerprint density at radius 2 is 2.38 bits per heavy atom. The van der Waals surface area contributed by atoms with Crippen LogP contribution in [0.5, 0.6) is 0 Å². The molecule has 2 aliphatic rings. The molecule has 0 amide bonds. The molecule has 8 heavy (non-hydrogen) atoms. The second-order valence-corrected chi connectivity index (χ2v) is 3.19.